The average molecular weight is 307 g/mol. The van der Waals surface area contributed by atoms with Crippen LogP contribution in [0.1, 0.15) is 25.7 Å². The van der Waals surface area contributed by atoms with Crippen LogP contribution in [-0.2, 0) is 19.7 Å². The average Bonchev–Trinajstić information content (AvgIpc) is 2.80. The highest BCUT2D eigenvalue weighted by molar-refractivity contribution is 7.92. The van der Waals surface area contributed by atoms with Crippen molar-refractivity contribution >= 4 is 19.7 Å². The Kier molecular flexibility index (Phi) is 3.24. The van der Waals surface area contributed by atoms with Crippen molar-refractivity contribution in [1.29, 1.82) is 5.26 Å². The second-order valence-electron chi connectivity index (χ2n) is 5.67. The molecule has 1 N–H and O–H groups in total. The molecular formula is C11H17NO5S2. The first kappa shape index (κ1) is 14.8. The summed E-state index contributed by atoms with van der Waals surface area (Å²) in [5.74, 6) is -0.613. The molecule has 0 aromatic rings. The summed E-state index contributed by atoms with van der Waals surface area (Å²) in [5, 5.41) is 19.1. The van der Waals surface area contributed by atoms with Crippen molar-refractivity contribution in [1.82, 2.24) is 0 Å². The van der Waals surface area contributed by atoms with Crippen LogP contribution in [0.2, 0.25) is 0 Å². The molecule has 1 heterocycles. The quantitative estimate of drug-likeness (QED) is 0.745. The van der Waals surface area contributed by atoms with Crippen molar-refractivity contribution < 1.29 is 21.9 Å². The third-order valence-electron chi connectivity index (χ3n) is 4.42. The number of sulfone groups is 2. The molecule has 3 unspecified atom stereocenters. The van der Waals surface area contributed by atoms with Gasteiger partial charge in [0.15, 0.2) is 19.7 Å². The zero-order chi connectivity index (χ0) is 14.5. The Hall–Kier alpha value is -0.650. The lowest BCUT2D eigenvalue weighted by atomic mass is 9.71. The number of hydrogen-bond acceptors (Lipinski definition) is 6. The predicted molar refractivity (Wildman–Crippen MR) is 68.7 cm³/mol. The van der Waals surface area contributed by atoms with Crippen molar-refractivity contribution in [2.45, 2.75) is 36.5 Å². The molecule has 1 aliphatic heterocycles. The van der Waals surface area contributed by atoms with Crippen LogP contribution in [0.4, 0.5) is 0 Å². The van der Waals surface area contributed by atoms with Gasteiger partial charge in [-0.2, -0.15) is 5.26 Å². The van der Waals surface area contributed by atoms with Crippen LogP contribution in [0.15, 0.2) is 0 Å². The fraction of sp³-hybridized carbons (Fsp3) is 0.909. The zero-order valence-corrected chi connectivity index (χ0v) is 12.3. The van der Waals surface area contributed by atoms with E-state index in [0.717, 1.165) is 6.26 Å². The summed E-state index contributed by atoms with van der Waals surface area (Å²) in [7, 11) is -6.92. The maximum atomic E-state index is 11.8. The molecule has 1 aliphatic carbocycles. The molecular weight excluding hydrogens is 290 g/mol. The van der Waals surface area contributed by atoms with Crippen LogP contribution in [-0.4, -0.2) is 50.6 Å². The standard InChI is InChI=1S/C11H17NO5S2/c1-18(14,15)9-3-2-4-11(9,13)10(7-12)5-6-19(16,17)8-10/h9,13H,2-6,8H2,1H3. The van der Waals surface area contributed by atoms with E-state index in [-0.39, 0.29) is 25.0 Å². The summed E-state index contributed by atoms with van der Waals surface area (Å²) in [6.45, 7) is 0. The molecule has 0 radical (unpaired) electrons. The first-order valence-electron chi connectivity index (χ1n) is 6.09. The van der Waals surface area contributed by atoms with E-state index in [1.54, 1.807) is 0 Å². The zero-order valence-electron chi connectivity index (χ0n) is 10.7. The smallest absolute Gasteiger partial charge is 0.153 e. The van der Waals surface area contributed by atoms with E-state index in [2.05, 4.69) is 0 Å². The maximum Gasteiger partial charge on any atom is 0.153 e. The van der Waals surface area contributed by atoms with E-state index in [9.17, 15) is 27.2 Å². The molecule has 0 aromatic heterocycles. The number of nitrogens with zero attached hydrogens (tertiary/aromatic N) is 1. The molecule has 6 nitrogen and oxygen atoms in total. The van der Waals surface area contributed by atoms with Crippen LogP contribution >= 0.6 is 0 Å². The van der Waals surface area contributed by atoms with Gasteiger partial charge in [0.2, 0.25) is 0 Å². The summed E-state index contributed by atoms with van der Waals surface area (Å²) in [6.07, 6.45) is 1.96. The summed E-state index contributed by atoms with van der Waals surface area (Å²) >= 11 is 0. The fourth-order valence-corrected chi connectivity index (χ4v) is 7.11. The Balaban J connectivity index is 2.52. The molecule has 8 heteroatoms. The first-order valence-corrected chi connectivity index (χ1v) is 9.87. The van der Waals surface area contributed by atoms with E-state index in [1.807, 2.05) is 6.07 Å². The van der Waals surface area contributed by atoms with Crippen molar-refractivity contribution in [2.75, 3.05) is 17.8 Å². The SMILES string of the molecule is CS(=O)(=O)C1CCCC1(O)C1(C#N)CCS(=O)(=O)C1. The predicted octanol–water partition coefficient (Wildman–Crippen LogP) is -0.357. The highest BCUT2D eigenvalue weighted by Gasteiger charge is 2.63. The molecule has 0 spiro atoms. The third kappa shape index (κ3) is 2.18. The summed E-state index contributed by atoms with van der Waals surface area (Å²) in [6, 6.07) is 1.92. The second-order valence-corrected chi connectivity index (χ2v) is 10.1. The van der Waals surface area contributed by atoms with Gasteiger partial charge in [0, 0.05) is 6.26 Å². The highest BCUT2D eigenvalue weighted by atomic mass is 32.2. The monoisotopic (exact) mass is 307 g/mol. The van der Waals surface area contributed by atoms with Crippen molar-refractivity contribution in [3.8, 4) is 6.07 Å². The van der Waals surface area contributed by atoms with E-state index >= 15 is 0 Å². The van der Waals surface area contributed by atoms with Crippen molar-refractivity contribution in [2.24, 2.45) is 5.41 Å². The summed E-state index contributed by atoms with van der Waals surface area (Å²) < 4.78 is 46.9. The van der Waals surface area contributed by atoms with E-state index in [0.29, 0.717) is 6.42 Å². The molecule has 1 saturated carbocycles. The highest BCUT2D eigenvalue weighted by Crippen LogP contribution is 2.51. The van der Waals surface area contributed by atoms with Gasteiger partial charge < -0.3 is 5.11 Å². The fourth-order valence-electron chi connectivity index (χ4n) is 3.45. The minimum absolute atomic E-state index is 0.00829. The molecule has 2 fully saturated rings. The van der Waals surface area contributed by atoms with E-state index in [4.69, 9.17) is 0 Å². The third-order valence-corrected chi connectivity index (χ3v) is 7.84. The Morgan fingerprint density at radius 3 is 2.42 bits per heavy atom. The second kappa shape index (κ2) is 4.17. The Labute approximate surface area is 113 Å². The lowest BCUT2D eigenvalue weighted by Gasteiger charge is -2.40. The molecule has 2 rings (SSSR count). The van der Waals surface area contributed by atoms with E-state index < -0.39 is 41.7 Å². The van der Waals surface area contributed by atoms with Gasteiger partial charge in [-0.15, -0.1) is 0 Å². The van der Waals surface area contributed by atoms with Crippen molar-refractivity contribution in [3.63, 3.8) is 0 Å². The van der Waals surface area contributed by atoms with Gasteiger partial charge in [-0.05, 0) is 25.7 Å². The van der Waals surface area contributed by atoms with Crippen LogP contribution in [0.5, 0.6) is 0 Å². The van der Waals surface area contributed by atoms with Crippen LogP contribution < -0.4 is 0 Å². The van der Waals surface area contributed by atoms with Gasteiger partial charge in [-0.3, -0.25) is 0 Å². The number of aliphatic hydroxyl groups is 1. The molecule has 1 saturated heterocycles. The molecule has 108 valence electrons. The molecule has 2 aliphatic rings. The minimum Gasteiger partial charge on any atom is -0.387 e. The maximum absolute atomic E-state index is 11.8. The topological polar surface area (TPSA) is 112 Å². The normalized spacial score (nSPS) is 42.1. The van der Waals surface area contributed by atoms with Gasteiger partial charge in [0.05, 0.1) is 22.8 Å². The lowest BCUT2D eigenvalue weighted by Crippen LogP contribution is -2.55. The number of rotatable bonds is 2. The van der Waals surface area contributed by atoms with Crippen LogP contribution in [0.25, 0.3) is 0 Å². The van der Waals surface area contributed by atoms with Crippen LogP contribution in [0.3, 0.4) is 0 Å². The Morgan fingerprint density at radius 2 is 2.00 bits per heavy atom. The van der Waals surface area contributed by atoms with Crippen LogP contribution in [0, 0.1) is 16.7 Å². The Bertz CT molecular complexity index is 632. The number of nitriles is 1. The summed E-state index contributed by atoms with van der Waals surface area (Å²) in [5.41, 5.74) is -3.24. The van der Waals surface area contributed by atoms with Gasteiger partial charge in [-0.1, -0.05) is 0 Å². The van der Waals surface area contributed by atoms with Gasteiger partial charge >= 0.3 is 0 Å². The molecule has 3 atom stereocenters. The molecule has 0 aromatic carbocycles. The minimum atomic E-state index is -3.53. The first-order chi connectivity index (χ1) is 8.56. The lowest BCUT2D eigenvalue weighted by molar-refractivity contribution is -0.0342. The molecule has 19 heavy (non-hydrogen) atoms. The van der Waals surface area contributed by atoms with Gasteiger partial charge in [0.25, 0.3) is 0 Å². The molecule has 0 bridgehead atoms. The number of hydrogen-bond donors (Lipinski definition) is 1. The largest absolute Gasteiger partial charge is 0.387 e. The van der Waals surface area contributed by atoms with Gasteiger partial charge in [0.1, 0.15) is 11.0 Å². The van der Waals surface area contributed by atoms with E-state index in [1.165, 1.54) is 0 Å². The van der Waals surface area contributed by atoms with Gasteiger partial charge in [-0.25, -0.2) is 16.8 Å². The Morgan fingerprint density at radius 1 is 1.37 bits per heavy atom. The summed E-state index contributed by atoms with van der Waals surface area (Å²) in [4.78, 5) is 0. The molecule has 0 amide bonds. The van der Waals surface area contributed by atoms with Crippen molar-refractivity contribution in [3.05, 3.63) is 0 Å².